The summed E-state index contributed by atoms with van der Waals surface area (Å²) < 4.78 is 24.3. The lowest BCUT2D eigenvalue weighted by Crippen LogP contribution is -2.33. The number of carbonyl (C=O) groups is 1. The van der Waals surface area contributed by atoms with E-state index >= 15 is 0 Å². The van der Waals surface area contributed by atoms with Crippen LogP contribution in [0.15, 0.2) is 60.7 Å². The topological polar surface area (TPSA) is 63.2 Å². The average Bonchev–Trinajstić information content (AvgIpc) is 2.57. The number of rotatable bonds is 8. The minimum atomic E-state index is -3.24. The van der Waals surface area contributed by atoms with Gasteiger partial charge >= 0.3 is 0 Å². The maximum absolute atomic E-state index is 12.3. The van der Waals surface area contributed by atoms with Crippen molar-refractivity contribution < 1.29 is 13.2 Å². The van der Waals surface area contributed by atoms with Gasteiger partial charge in [0, 0.05) is 6.54 Å². The summed E-state index contributed by atoms with van der Waals surface area (Å²) >= 11 is 0. The summed E-state index contributed by atoms with van der Waals surface area (Å²) in [5, 5.41) is 2.76. The molecule has 1 atom stereocenters. The predicted molar refractivity (Wildman–Crippen MR) is 96.4 cm³/mol. The van der Waals surface area contributed by atoms with Gasteiger partial charge in [-0.1, -0.05) is 67.6 Å². The summed E-state index contributed by atoms with van der Waals surface area (Å²) in [7, 11) is -3.24. The Morgan fingerprint density at radius 1 is 1.00 bits per heavy atom. The van der Waals surface area contributed by atoms with Gasteiger partial charge in [0.1, 0.15) is 0 Å². The molecule has 2 rings (SSSR count). The summed E-state index contributed by atoms with van der Waals surface area (Å²) in [4.78, 5) is 12.3. The molecular weight excluding hydrogens is 322 g/mol. The SMILES string of the molecule is CCC(C(=O)NCCS(=O)(=O)Cc1ccccc1)c1ccccc1. The number of nitrogens with one attached hydrogen (secondary N) is 1. The molecule has 128 valence electrons. The van der Waals surface area contributed by atoms with E-state index in [9.17, 15) is 13.2 Å². The van der Waals surface area contributed by atoms with Gasteiger partial charge in [-0.2, -0.15) is 0 Å². The van der Waals surface area contributed by atoms with Gasteiger partial charge in [0.25, 0.3) is 0 Å². The van der Waals surface area contributed by atoms with E-state index in [0.717, 1.165) is 11.1 Å². The molecule has 0 aliphatic carbocycles. The second-order valence-corrected chi connectivity index (χ2v) is 7.92. The summed E-state index contributed by atoms with van der Waals surface area (Å²) in [6.45, 7) is 2.08. The third-order valence-electron chi connectivity index (χ3n) is 3.87. The maximum Gasteiger partial charge on any atom is 0.227 e. The lowest BCUT2D eigenvalue weighted by molar-refractivity contribution is -0.122. The van der Waals surface area contributed by atoms with Gasteiger partial charge in [-0.25, -0.2) is 8.42 Å². The zero-order valence-electron chi connectivity index (χ0n) is 13.8. The van der Waals surface area contributed by atoms with E-state index in [1.807, 2.05) is 55.5 Å². The normalized spacial score (nSPS) is 12.5. The van der Waals surface area contributed by atoms with Gasteiger partial charge < -0.3 is 5.32 Å². The Morgan fingerprint density at radius 2 is 1.58 bits per heavy atom. The van der Waals surface area contributed by atoms with Crippen molar-refractivity contribution in [2.75, 3.05) is 12.3 Å². The van der Waals surface area contributed by atoms with Gasteiger partial charge in [-0.3, -0.25) is 4.79 Å². The molecule has 0 radical (unpaired) electrons. The third-order valence-corrected chi connectivity index (χ3v) is 5.47. The molecule has 0 saturated carbocycles. The molecule has 4 nitrogen and oxygen atoms in total. The molecule has 2 aromatic rings. The highest BCUT2D eigenvalue weighted by atomic mass is 32.2. The predicted octanol–water partition coefficient (Wildman–Crippen LogP) is 2.91. The molecule has 0 bridgehead atoms. The Morgan fingerprint density at radius 3 is 2.17 bits per heavy atom. The quantitative estimate of drug-likeness (QED) is 0.800. The van der Waals surface area contributed by atoms with Crippen LogP contribution in [0.25, 0.3) is 0 Å². The van der Waals surface area contributed by atoms with Crippen molar-refractivity contribution in [1.29, 1.82) is 0 Å². The van der Waals surface area contributed by atoms with E-state index in [1.165, 1.54) is 0 Å². The first kappa shape index (κ1) is 18.2. The molecule has 1 amide bonds. The van der Waals surface area contributed by atoms with Crippen molar-refractivity contribution in [1.82, 2.24) is 5.32 Å². The first-order valence-electron chi connectivity index (χ1n) is 8.09. The molecule has 0 fully saturated rings. The molecule has 24 heavy (non-hydrogen) atoms. The van der Waals surface area contributed by atoms with Crippen molar-refractivity contribution in [3.63, 3.8) is 0 Å². The van der Waals surface area contributed by atoms with E-state index in [0.29, 0.717) is 6.42 Å². The number of sulfone groups is 1. The summed E-state index contributed by atoms with van der Waals surface area (Å²) in [5.41, 5.74) is 1.71. The van der Waals surface area contributed by atoms with Crippen LogP contribution in [0.3, 0.4) is 0 Å². The molecule has 0 aromatic heterocycles. The minimum Gasteiger partial charge on any atom is -0.355 e. The highest BCUT2D eigenvalue weighted by Gasteiger charge is 2.19. The molecule has 1 unspecified atom stereocenters. The zero-order chi connectivity index (χ0) is 17.4. The highest BCUT2D eigenvalue weighted by Crippen LogP contribution is 2.19. The Balaban J connectivity index is 1.87. The van der Waals surface area contributed by atoms with Crippen LogP contribution in [-0.2, 0) is 20.4 Å². The number of carbonyl (C=O) groups excluding carboxylic acids is 1. The highest BCUT2D eigenvalue weighted by molar-refractivity contribution is 7.90. The van der Waals surface area contributed by atoms with E-state index in [-0.39, 0.29) is 29.9 Å². The second-order valence-electron chi connectivity index (χ2n) is 5.74. The van der Waals surface area contributed by atoms with Crippen LogP contribution >= 0.6 is 0 Å². The van der Waals surface area contributed by atoms with Crippen LogP contribution in [0.5, 0.6) is 0 Å². The molecule has 0 saturated heterocycles. The number of amides is 1. The van der Waals surface area contributed by atoms with E-state index in [2.05, 4.69) is 5.32 Å². The van der Waals surface area contributed by atoms with Crippen LogP contribution in [0.2, 0.25) is 0 Å². The number of benzene rings is 2. The lowest BCUT2D eigenvalue weighted by Gasteiger charge is -2.15. The van der Waals surface area contributed by atoms with E-state index in [1.54, 1.807) is 12.1 Å². The average molecular weight is 345 g/mol. The van der Waals surface area contributed by atoms with E-state index < -0.39 is 9.84 Å². The van der Waals surface area contributed by atoms with Crippen LogP contribution in [0.1, 0.15) is 30.4 Å². The second kappa shape index (κ2) is 8.64. The van der Waals surface area contributed by atoms with Crippen LogP contribution in [0, 0.1) is 0 Å². The number of hydrogen-bond acceptors (Lipinski definition) is 3. The number of hydrogen-bond donors (Lipinski definition) is 1. The minimum absolute atomic E-state index is 0.000395. The molecule has 0 spiro atoms. The molecule has 1 N–H and O–H groups in total. The maximum atomic E-state index is 12.3. The smallest absolute Gasteiger partial charge is 0.227 e. The summed E-state index contributed by atoms with van der Waals surface area (Å²) in [6.07, 6.45) is 0.673. The Labute approximate surface area is 143 Å². The fourth-order valence-electron chi connectivity index (χ4n) is 2.61. The van der Waals surface area contributed by atoms with Gasteiger partial charge in [0.15, 0.2) is 9.84 Å². The fraction of sp³-hybridized carbons (Fsp3) is 0.316. The summed E-state index contributed by atoms with van der Waals surface area (Å²) in [6, 6.07) is 18.6. The molecular formula is C19H23NO3S. The van der Waals surface area contributed by atoms with E-state index in [4.69, 9.17) is 0 Å². The van der Waals surface area contributed by atoms with Crippen LogP contribution in [0.4, 0.5) is 0 Å². The molecule has 5 heteroatoms. The molecule has 0 aliphatic rings. The fourth-order valence-corrected chi connectivity index (χ4v) is 3.87. The third kappa shape index (κ3) is 5.49. The van der Waals surface area contributed by atoms with Crippen molar-refractivity contribution in [3.8, 4) is 0 Å². The largest absolute Gasteiger partial charge is 0.355 e. The van der Waals surface area contributed by atoms with Crippen molar-refractivity contribution in [2.24, 2.45) is 0 Å². The monoisotopic (exact) mass is 345 g/mol. The first-order valence-corrected chi connectivity index (χ1v) is 9.91. The van der Waals surface area contributed by atoms with Gasteiger partial charge in [-0.05, 0) is 17.5 Å². The Bertz CT molecular complexity index is 743. The van der Waals surface area contributed by atoms with Crippen LogP contribution in [-0.4, -0.2) is 26.6 Å². The first-order chi connectivity index (χ1) is 11.5. The van der Waals surface area contributed by atoms with Gasteiger partial charge in [-0.15, -0.1) is 0 Å². The van der Waals surface area contributed by atoms with Crippen LogP contribution < -0.4 is 5.32 Å². The standard InChI is InChI=1S/C19H23NO3S/c1-2-18(17-11-7-4-8-12-17)19(21)20-13-14-24(22,23)15-16-9-5-3-6-10-16/h3-12,18H,2,13-15H2,1H3,(H,20,21). The van der Waals surface area contributed by atoms with Crippen molar-refractivity contribution >= 4 is 15.7 Å². The Kier molecular flexibility index (Phi) is 6.55. The zero-order valence-corrected chi connectivity index (χ0v) is 14.6. The summed E-state index contributed by atoms with van der Waals surface area (Å²) in [5.74, 6) is -0.431. The van der Waals surface area contributed by atoms with Gasteiger partial charge in [0.05, 0.1) is 17.4 Å². The Hall–Kier alpha value is -2.14. The molecule has 0 aliphatic heterocycles. The van der Waals surface area contributed by atoms with Gasteiger partial charge in [0.2, 0.25) is 5.91 Å². The van der Waals surface area contributed by atoms with Crippen molar-refractivity contribution in [2.45, 2.75) is 25.0 Å². The molecule has 2 aromatic carbocycles. The van der Waals surface area contributed by atoms with Crippen molar-refractivity contribution in [3.05, 3.63) is 71.8 Å². The molecule has 0 heterocycles. The lowest BCUT2D eigenvalue weighted by atomic mass is 9.96.